The molecule has 0 bridgehead atoms. The highest BCUT2D eigenvalue weighted by atomic mass is 28.4. The lowest BCUT2D eigenvalue weighted by Crippen LogP contribution is -2.59. The fourth-order valence-electron chi connectivity index (χ4n) is 8.36. The maximum Gasteiger partial charge on any atom is 0.432 e. The molecule has 2 aliphatic heterocycles. The molecule has 67 heavy (non-hydrogen) atoms. The minimum Gasteiger partial charge on any atom is -0.456 e. The van der Waals surface area contributed by atoms with Crippen molar-refractivity contribution in [3.05, 3.63) is 71.8 Å². The first-order valence-electron chi connectivity index (χ1n) is 22.8. The van der Waals surface area contributed by atoms with E-state index in [4.69, 9.17) is 47.1 Å². The number of fused-ring (bicyclic) bond motifs is 1. The van der Waals surface area contributed by atoms with Crippen molar-refractivity contribution in [1.29, 1.82) is 0 Å². The average molecular weight is 981 g/mol. The highest BCUT2D eigenvalue weighted by molar-refractivity contribution is 6.74. The molecule has 12 nitrogen and oxygen atoms in total. The normalized spacial score (nSPS) is 23.9. The van der Waals surface area contributed by atoms with Crippen LogP contribution in [-0.2, 0) is 67.8 Å². The van der Waals surface area contributed by atoms with Crippen molar-refractivity contribution in [2.24, 2.45) is 0 Å². The van der Waals surface area contributed by atoms with E-state index in [9.17, 15) is 9.59 Å². The molecule has 0 amide bonds. The number of unbranched alkanes of at least 4 members (excludes halogenated alkanes) is 4. The van der Waals surface area contributed by atoms with E-state index in [0.29, 0.717) is 27.1 Å². The van der Waals surface area contributed by atoms with E-state index in [2.05, 4.69) is 33.9 Å². The van der Waals surface area contributed by atoms with E-state index in [0.717, 1.165) is 37.1 Å². The Hall–Kier alpha value is -3.14. The van der Waals surface area contributed by atoms with Crippen LogP contribution in [0, 0.1) is 0 Å². The Labute approximate surface area is 392 Å². The lowest BCUT2D eigenvalue weighted by molar-refractivity contribution is -0.287. The molecule has 0 spiro atoms. The third-order valence-electron chi connectivity index (χ3n) is 13.0. The Bertz CT molecular complexity index is 1850. The summed E-state index contributed by atoms with van der Waals surface area (Å²) >= 11 is 0. The van der Waals surface area contributed by atoms with Crippen LogP contribution in [0.15, 0.2) is 60.7 Å². The van der Waals surface area contributed by atoms with Crippen molar-refractivity contribution in [1.82, 2.24) is 0 Å². The Morgan fingerprint density at radius 2 is 1.21 bits per heavy atom. The van der Waals surface area contributed by atoms with Gasteiger partial charge in [0, 0.05) is 45.5 Å². The van der Waals surface area contributed by atoms with Crippen LogP contribution in [0.1, 0.15) is 104 Å². The predicted octanol–water partition coefficient (Wildman–Crippen LogP) is 10.5. The maximum absolute atomic E-state index is 15.5. The van der Waals surface area contributed by atoms with Crippen molar-refractivity contribution >= 4 is 20.3 Å². The number of alkyl halides is 6. The van der Waals surface area contributed by atoms with Crippen LogP contribution in [0.25, 0.3) is 0 Å². The number of esters is 2. The number of benzene rings is 2. The summed E-state index contributed by atoms with van der Waals surface area (Å²) in [6.07, 6.45) is -17.0. The van der Waals surface area contributed by atoms with Crippen molar-refractivity contribution < 1.29 is 83.0 Å². The van der Waals surface area contributed by atoms with Crippen molar-refractivity contribution in [3.63, 3.8) is 0 Å². The summed E-state index contributed by atoms with van der Waals surface area (Å²) in [4.78, 5) is 29.0. The number of ether oxygens (including phenoxy) is 9. The van der Waals surface area contributed by atoms with Crippen LogP contribution in [0.5, 0.6) is 0 Å². The lowest BCUT2D eigenvalue weighted by atomic mass is 9.88. The SMILES string of the molecule is CCCCCCC[C@@H](OC(=O)[C@](OC)(c1ccccc1)C(F)(F)F)[C@@H](C[C@H]1O[C@@H](CCO[Si](C)(C)C(C)(C)C)[C@@H](OCOC)[C@@H]2OC(C)(C)O[C@@H]21)OC(=O)[C@](OC)(c1ccccc1)C(F)(F)F. The smallest absolute Gasteiger partial charge is 0.432 e. The number of hydrogen-bond acceptors (Lipinski definition) is 12. The topological polar surface area (TPSA) is 126 Å². The third-order valence-corrected chi connectivity index (χ3v) is 17.5. The van der Waals surface area contributed by atoms with E-state index >= 15 is 26.3 Å². The summed E-state index contributed by atoms with van der Waals surface area (Å²) in [5, 5.41) is -0.146. The second-order valence-corrected chi connectivity index (χ2v) is 23.8. The summed E-state index contributed by atoms with van der Waals surface area (Å²) in [6, 6.07) is 12.1. The quantitative estimate of drug-likeness (QED) is 0.0327. The van der Waals surface area contributed by atoms with Gasteiger partial charge in [-0.15, -0.1) is 0 Å². The number of halogens is 6. The van der Waals surface area contributed by atoms with Crippen LogP contribution in [0.3, 0.4) is 0 Å². The van der Waals surface area contributed by atoms with Gasteiger partial charge in [0.25, 0.3) is 11.2 Å². The first-order chi connectivity index (χ1) is 31.3. The summed E-state index contributed by atoms with van der Waals surface area (Å²) in [5.41, 5.74) is -8.69. The molecule has 2 saturated heterocycles. The van der Waals surface area contributed by atoms with Gasteiger partial charge < -0.3 is 47.1 Å². The zero-order chi connectivity index (χ0) is 50.1. The summed E-state index contributed by atoms with van der Waals surface area (Å²) in [5.74, 6) is -5.16. The van der Waals surface area contributed by atoms with Gasteiger partial charge in [-0.05, 0) is 51.2 Å². The summed E-state index contributed by atoms with van der Waals surface area (Å²) in [6.45, 7) is 15.7. The molecule has 4 rings (SSSR count). The van der Waals surface area contributed by atoms with E-state index in [-0.39, 0.29) is 37.7 Å². The van der Waals surface area contributed by atoms with Gasteiger partial charge in [0.1, 0.15) is 37.3 Å². The number of hydrogen-bond donors (Lipinski definition) is 0. The van der Waals surface area contributed by atoms with E-state index < -0.39 is 110 Å². The van der Waals surface area contributed by atoms with E-state index in [1.54, 1.807) is 13.8 Å². The molecule has 2 aromatic rings. The lowest BCUT2D eigenvalue weighted by Gasteiger charge is -2.44. The largest absolute Gasteiger partial charge is 0.456 e. The molecule has 0 unspecified atom stereocenters. The van der Waals surface area contributed by atoms with Gasteiger partial charge in [-0.25, -0.2) is 9.59 Å². The number of methoxy groups -OCH3 is 3. The summed E-state index contributed by atoms with van der Waals surface area (Å²) < 4.78 is 152. The fraction of sp³-hybridized carbons (Fsp3) is 0.708. The molecule has 9 atom stereocenters. The van der Waals surface area contributed by atoms with Gasteiger partial charge in [-0.3, -0.25) is 0 Å². The molecule has 2 aromatic carbocycles. The standard InChI is InChI=1S/C48H70F6O12Si/c1-12-13-14-15-22-27-34(63-41(55)45(58-8,47(49,50)51)32-23-18-16-19-24-32)36(64-42(56)46(59-9,48(52,53)54)33-25-20-17-21-26-33)30-37-39-40(66-44(5,6)65-39)38(60-31-57-7)35(62-37)28-29-61-67(10,11)43(2,3)4/h16-21,23-26,34-40H,12-15,22,27-31H2,1-11H3/t34-,35+,36-,37-,38-,39-,40+,45-,46-/m1/s1. The molecule has 2 aliphatic rings. The third kappa shape index (κ3) is 13.0. The fourth-order valence-corrected chi connectivity index (χ4v) is 9.42. The zero-order valence-corrected chi connectivity index (χ0v) is 41.6. The molecule has 2 heterocycles. The van der Waals surface area contributed by atoms with Crippen LogP contribution in [-0.4, -0.2) is 116 Å². The Kier molecular flexibility index (Phi) is 19.5. The molecule has 380 valence electrons. The zero-order valence-electron chi connectivity index (χ0n) is 40.6. The van der Waals surface area contributed by atoms with Gasteiger partial charge in [-0.2, -0.15) is 26.3 Å². The Morgan fingerprint density at radius 3 is 1.67 bits per heavy atom. The minimum atomic E-state index is -5.44. The Balaban J connectivity index is 1.91. The predicted molar refractivity (Wildman–Crippen MR) is 237 cm³/mol. The maximum atomic E-state index is 15.5. The molecule has 0 saturated carbocycles. The number of carbonyl (C=O) groups excluding carboxylic acids is 2. The average Bonchev–Trinajstić information content (AvgIpc) is 3.58. The number of rotatable bonds is 24. The molecule has 0 N–H and O–H groups in total. The van der Waals surface area contributed by atoms with Crippen molar-refractivity contribution in [2.75, 3.05) is 34.7 Å². The molecular weight excluding hydrogens is 911 g/mol. The molecule has 2 fully saturated rings. The van der Waals surface area contributed by atoms with Crippen molar-refractivity contribution in [2.45, 2.75) is 183 Å². The first-order valence-corrected chi connectivity index (χ1v) is 25.7. The van der Waals surface area contributed by atoms with Gasteiger partial charge in [0.05, 0.1) is 12.2 Å². The minimum absolute atomic E-state index is 0.146. The molecular formula is C48H70F6O12Si. The monoisotopic (exact) mass is 980 g/mol. The first kappa shape index (κ1) is 56.4. The molecule has 0 radical (unpaired) electrons. The van der Waals surface area contributed by atoms with Crippen LogP contribution >= 0.6 is 0 Å². The molecule has 0 aliphatic carbocycles. The summed E-state index contributed by atoms with van der Waals surface area (Å²) in [7, 11) is 0.520. The van der Waals surface area contributed by atoms with Crippen molar-refractivity contribution in [3.8, 4) is 0 Å². The van der Waals surface area contributed by atoms with Gasteiger partial charge in [-0.1, -0.05) is 114 Å². The van der Waals surface area contributed by atoms with E-state index in [1.807, 2.05) is 6.92 Å². The van der Waals surface area contributed by atoms with Crippen LogP contribution in [0.4, 0.5) is 26.3 Å². The second kappa shape index (κ2) is 23.2. The second-order valence-electron chi connectivity index (χ2n) is 19.0. The van der Waals surface area contributed by atoms with Gasteiger partial charge in [0.15, 0.2) is 14.1 Å². The van der Waals surface area contributed by atoms with Gasteiger partial charge in [0.2, 0.25) is 0 Å². The van der Waals surface area contributed by atoms with Crippen LogP contribution < -0.4 is 0 Å². The Morgan fingerprint density at radius 1 is 0.716 bits per heavy atom. The van der Waals surface area contributed by atoms with Crippen LogP contribution in [0.2, 0.25) is 18.1 Å². The van der Waals surface area contributed by atoms with Gasteiger partial charge >= 0.3 is 24.3 Å². The number of carbonyl (C=O) groups is 2. The molecule has 19 heteroatoms. The highest BCUT2D eigenvalue weighted by Gasteiger charge is 2.67. The highest BCUT2D eigenvalue weighted by Crippen LogP contribution is 2.47. The van der Waals surface area contributed by atoms with E-state index in [1.165, 1.54) is 43.5 Å². The molecule has 0 aromatic heterocycles.